The summed E-state index contributed by atoms with van der Waals surface area (Å²) in [5.41, 5.74) is 0.819. The Bertz CT molecular complexity index is 864. The molecule has 0 saturated carbocycles. The van der Waals surface area contributed by atoms with Crippen LogP contribution in [0.15, 0.2) is 48.5 Å². The molecule has 2 atom stereocenters. The van der Waals surface area contributed by atoms with E-state index < -0.39 is 35.9 Å². The second-order valence-electron chi connectivity index (χ2n) is 5.88. The molecule has 0 radical (unpaired) electrons. The Balaban J connectivity index is 1.83. The summed E-state index contributed by atoms with van der Waals surface area (Å²) < 4.78 is 18.2. The molecular formula is C19H19ClFN3O4. The van der Waals surface area contributed by atoms with Gasteiger partial charge < -0.3 is 20.7 Å². The van der Waals surface area contributed by atoms with Crippen LogP contribution in [0.25, 0.3) is 0 Å². The lowest BCUT2D eigenvalue weighted by atomic mass is 10.3. The van der Waals surface area contributed by atoms with Gasteiger partial charge in [-0.1, -0.05) is 29.8 Å². The number of carbonyl (C=O) groups is 3. The fourth-order valence-electron chi connectivity index (χ4n) is 2.09. The van der Waals surface area contributed by atoms with E-state index in [0.717, 1.165) is 6.07 Å². The van der Waals surface area contributed by atoms with Gasteiger partial charge in [0.05, 0.1) is 5.02 Å². The van der Waals surface area contributed by atoms with Crippen molar-refractivity contribution in [2.45, 2.75) is 26.0 Å². The summed E-state index contributed by atoms with van der Waals surface area (Å²) in [4.78, 5) is 36.1. The van der Waals surface area contributed by atoms with Gasteiger partial charge in [-0.05, 0) is 44.2 Å². The van der Waals surface area contributed by atoms with Gasteiger partial charge >= 0.3 is 12.0 Å². The normalized spacial score (nSPS) is 12.4. The van der Waals surface area contributed by atoms with Gasteiger partial charge in [0.25, 0.3) is 5.91 Å². The van der Waals surface area contributed by atoms with Gasteiger partial charge in [-0.2, -0.15) is 0 Å². The first kappa shape index (κ1) is 21.2. The third kappa shape index (κ3) is 6.24. The number of esters is 1. The van der Waals surface area contributed by atoms with Crippen molar-refractivity contribution < 1.29 is 23.5 Å². The molecule has 0 fully saturated rings. The number of carbonyl (C=O) groups excluding carboxylic acids is 3. The molecule has 9 heteroatoms. The van der Waals surface area contributed by atoms with E-state index >= 15 is 0 Å². The molecular weight excluding hydrogens is 389 g/mol. The van der Waals surface area contributed by atoms with E-state index in [4.69, 9.17) is 16.3 Å². The first-order valence-corrected chi connectivity index (χ1v) is 8.73. The molecule has 7 nitrogen and oxygen atoms in total. The summed E-state index contributed by atoms with van der Waals surface area (Å²) in [6, 6.07) is 10.8. The highest BCUT2D eigenvalue weighted by Gasteiger charge is 2.23. The molecule has 0 spiro atoms. The van der Waals surface area contributed by atoms with E-state index in [1.54, 1.807) is 30.3 Å². The Labute approximate surface area is 166 Å². The van der Waals surface area contributed by atoms with Crippen LogP contribution in [0.5, 0.6) is 0 Å². The predicted molar refractivity (Wildman–Crippen MR) is 104 cm³/mol. The molecule has 0 aromatic heterocycles. The van der Waals surface area contributed by atoms with Crippen LogP contribution in [0.2, 0.25) is 5.02 Å². The van der Waals surface area contributed by atoms with Crippen molar-refractivity contribution in [1.29, 1.82) is 0 Å². The molecule has 148 valence electrons. The van der Waals surface area contributed by atoms with Crippen molar-refractivity contribution in [2.24, 2.45) is 0 Å². The molecule has 0 saturated heterocycles. The standard InChI is InChI=1S/C19H19ClFN3O4/c1-11(22-19(27)24-13-6-4-3-5-7-13)18(26)28-12(2)17(25)23-14-8-9-16(21)15(20)10-14/h3-12H,1-2H3,(H,23,25)(H2,22,24,27)/t11-,12+/m0/s1. The van der Waals surface area contributed by atoms with E-state index in [-0.39, 0.29) is 10.7 Å². The average molecular weight is 408 g/mol. The lowest BCUT2D eigenvalue weighted by Gasteiger charge is -2.18. The van der Waals surface area contributed by atoms with Crippen molar-refractivity contribution in [3.8, 4) is 0 Å². The number of nitrogens with one attached hydrogen (secondary N) is 3. The zero-order valence-electron chi connectivity index (χ0n) is 15.2. The highest BCUT2D eigenvalue weighted by molar-refractivity contribution is 6.31. The number of para-hydroxylation sites is 1. The Morgan fingerprint density at radius 3 is 2.32 bits per heavy atom. The number of urea groups is 1. The minimum absolute atomic E-state index is 0.148. The minimum Gasteiger partial charge on any atom is -0.451 e. The van der Waals surface area contributed by atoms with Crippen LogP contribution in [0.1, 0.15) is 13.8 Å². The number of hydrogen-bond acceptors (Lipinski definition) is 4. The van der Waals surface area contributed by atoms with Gasteiger partial charge in [0, 0.05) is 11.4 Å². The second-order valence-corrected chi connectivity index (χ2v) is 6.29. The number of rotatable bonds is 6. The Morgan fingerprint density at radius 1 is 1.00 bits per heavy atom. The summed E-state index contributed by atoms with van der Waals surface area (Å²) in [6.45, 7) is 2.80. The maximum atomic E-state index is 13.1. The third-order valence-electron chi connectivity index (χ3n) is 3.58. The molecule has 0 aliphatic heterocycles. The lowest BCUT2D eigenvalue weighted by Crippen LogP contribution is -2.44. The van der Waals surface area contributed by atoms with E-state index in [9.17, 15) is 18.8 Å². The number of ether oxygens (including phenoxy) is 1. The highest BCUT2D eigenvalue weighted by Crippen LogP contribution is 2.19. The van der Waals surface area contributed by atoms with E-state index in [2.05, 4.69) is 16.0 Å². The van der Waals surface area contributed by atoms with Crippen molar-refractivity contribution >= 4 is 40.9 Å². The first-order valence-electron chi connectivity index (χ1n) is 8.35. The van der Waals surface area contributed by atoms with Gasteiger partial charge in [0.15, 0.2) is 6.10 Å². The van der Waals surface area contributed by atoms with Crippen LogP contribution >= 0.6 is 11.6 Å². The Morgan fingerprint density at radius 2 is 1.68 bits per heavy atom. The third-order valence-corrected chi connectivity index (χ3v) is 3.87. The summed E-state index contributed by atoms with van der Waals surface area (Å²) in [5.74, 6) is -2.03. The zero-order valence-corrected chi connectivity index (χ0v) is 15.9. The van der Waals surface area contributed by atoms with Crippen molar-refractivity contribution in [3.63, 3.8) is 0 Å². The summed E-state index contributed by atoms with van der Waals surface area (Å²) in [7, 11) is 0. The summed E-state index contributed by atoms with van der Waals surface area (Å²) in [5, 5.41) is 7.30. The first-order chi connectivity index (χ1) is 13.3. The molecule has 3 amide bonds. The lowest BCUT2D eigenvalue weighted by molar-refractivity contribution is -0.154. The van der Waals surface area contributed by atoms with Crippen LogP contribution in [-0.4, -0.2) is 30.1 Å². The van der Waals surface area contributed by atoms with Gasteiger partial charge in [0.1, 0.15) is 11.9 Å². The molecule has 2 aromatic rings. The minimum atomic E-state index is -1.14. The largest absolute Gasteiger partial charge is 0.451 e. The Hall–Kier alpha value is -3.13. The maximum Gasteiger partial charge on any atom is 0.329 e. The van der Waals surface area contributed by atoms with Crippen LogP contribution in [-0.2, 0) is 14.3 Å². The molecule has 0 heterocycles. The van der Waals surface area contributed by atoms with E-state index in [1.165, 1.54) is 26.0 Å². The average Bonchev–Trinajstić information content (AvgIpc) is 2.65. The zero-order chi connectivity index (χ0) is 20.7. The second kappa shape index (κ2) is 9.70. The molecule has 2 aromatic carbocycles. The molecule has 0 aliphatic carbocycles. The predicted octanol–water partition coefficient (Wildman–Crippen LogP) is 3.56. The highest BCUT2D eigenvalue weighted by atomic mass is 35.5. The summed E-state index contributed by atoms with van der Waals surface area (Å²) in [6.07, 6.45) is -1.14. The van der Waals surface area contributed by atoms with Crippen LogP contribution in [0, 0.1) is 5.82 Å². The molecule has 0 bridgehead atoms. The van der Waals surface area contributed by atoms with Gasteiger partial charge in [0.2, 0.25) is 0 Å². The fourth-order valence-corrected chi connectivity index (χ4v) is 2.27. The smallest absolute Gasteiger partial charge is 0.329 e. The molecule has 28 heavy (non-hydrogen) atoms. The number of halogens is 2. The Kier molecular flexibility index (Phi) is 7.34. The van der Waals surface area contributed by atoms with Crippen LogP contribution in [0.3, 0.4) is 0 Å². The van der Waals surface area contributed by atoms with Crippen molar-refractivity contribution in [2.75, 3.05) is 10.6 Å². The maximum absolute atomic E-state index is 13.1. The van der Waals surface area contributed by atoms with Gasteiger partial charge in [-0.15, -0.1) is 0 Å². The van der Waals surface area contributed by atoms with Crippen LogP contribution < -0.4 is 16.0 Å². The van der Waals surface area contributed by atoms with Crippen molar-refractivity contribution in [1.82, 2.24) is 5.32 Å². The van der Waals surface area contributed by atoms with Gasteiger partial charge in [-0.3, -0.25) is 4.79 Å². The van der Waals surface area contributed by atoms with Crippen molar-refractivity contribution in [3.05, 3.63) is 59.4 Å². The molecule has 0 aliphatic rings. The molecule has 0 unspecified atom stereocenters. The van der Waals surface area contributed by atoms with Crippen LogP contribution in [0.4, 0.5) is 20.6 Å². The topological polar surface area (TPSA) is 96.5 Å². The number of hydrogen-bond donors (Lipinski definition) is 3. The molecule has 3 N–H and O–H groups in total. The van der Waals surface area contributed by atoms with E-state index in [1.807, 2.05) is 0 Å². The number of amides is 3. The fraction of sp³-hybridized carbons (Fsp3) is 0.211. The quantitative estimate of drug-likeness (QED) is 0.638. The number of anilines is 2. The van der Waals surface area contributed by atoms with E-state index in [0.29, 0.717) is 5.69 Å². The molecule has 2 rings (SSSR count). The summed E-state index contributed by atoms with van der Waals surface area (Å²) >= 11 is 5.65. The SMILES string of the molecule is C[C@H](NC(=O)Nc1ccccc1)C(=O)O[C@H](C)C(=O)Nc1ccc(F)c(Cl)c1. The monoisotopic (exact) mass is 407 g/mol. The van der Waals surface area contributed by atoms with Gasteiger partial charge in [-0.25, -0.2) is 14.0 Å². The number of benzene rings is 2.